The van der Waals surface area contributed by atoms with Crippen molar-refractivity contribution < 1.29 is 14.3 Å². The molecule has 0 saturated carbocycles. The Balaban J connectivity index is 2.26. The van der Waals surface area contributed by atoms with Gasteiger partial charge >= 0.3 is 5.97 Å². The van der Waals surface area contributed by atoms with Crippen molar-refractivity contribution >= 4 is 17.6 Å². The molecule has 1 amide bonds. The second-order valence-corrected chi connectivity index (χ2v) is 4.58. The first kappa shape index (κ1) is 16.2. The predicted molar refractivity (Wildman–Crippen MR) is 78.7 cm³/mol. The van der Waals surface area contributed by atoms with Crippen LogP contribution in [0, 0.1) is 13.8 Å². The van der Waals surface area contributed by atoms with Gasteiger partial charge in [0.25, 0.3) is 0 Å². The quantitative estimate of drug-likeness (QED) is 0.589. The zero-order valence-corrected chi connectivity index (χ0v) is 12.3. The van der Waals surface area contributed by atoms with Crippen molar-refractivity contribution in [2.24, 2.45) is 0 Å². The molecule has 0 spiro atoms. The molecule has 0 aromatic heterocycles. The summed E-state index contributed by atoms with van der Waals surface area (Å²) in [5, 5.41) is 5.71. The number of benzene rings is 1. The van der Waals surface area contributed by atoms with Crippen molar-refractivity contribution in [3.63, 3.8) is 0 Å². The van der Waals surface area contributed by atoms with Gasteiger partial charge in [0.15, 0.2) is 0 Å². The van der Waals surface area contributed by atoms with Crippen molar-refractivity contribution in [1.29, 1.82) is 0 Å². The molecule has 0 aliphatic rings. The average molecular weight is 278 g/mol. The zero-order valence-electron chi connectivity index (χ0n) is 12.3. The van der Waals surface area contributed by atoms with Gasteiger partial charge in [-0.15, -0.1) is 0 Å². The summed E-state index contributed by atoms with van der Waals surface area (Å²) in [6.45, 7) is 6.78. The van der Waals surface area contributed by atoms with E-state index in [1.807, 2.05) is 32.0 Å². The maximum absolute atomic E-state index is 11.7. The molecular formula is C15H22N2O3. The number of hydrogen-bond donors (Lipinski definition) is 2. The highest BCUT2D eigenvalue weighted by Crippen LogP contribution is 2.13. The van der Waals surface area contributed by atoms with Crippen LogP contribution in [-0.2, 0) is 14.3 Å². The van der Waals surface area contributed by atoms with E-state index in [0.717, 1.165) is 11.3 Å². The number of rotatable bonds is 7. The van der Waals surface area contributed by atoms with Crippen LogP contribution in [0.5, 0.6) is 0 Å². The van der Waals surface area contributed by atoms with Gasteiger partial charge in [0.1, 0.15) is 0 Å². The maximum Gasteiger partial charge on any atom is 0.307 e. The molecule has 1 aromatic carbocycles. The Morgan fingerprint density at radius 3 is 2.60 bits per heavy atom. The Morgan fingerprint density at radius 2 is 1.95 bits per heavy atom. The summed E-state index contributed by atoms with van der Waals surface area (Å²) >= 11 is 0. The topological polar surface area (TPSA) is 67.4 Å². The van der Waals surface area contributed by atoms with Gasteiger partial charge in [-0.1, -0.05) is 6.07 Å². The van der Waals surface area contributed by atoms with E-state index in [-0.39, 0.29) is 24.8 Å². The molecule has 1 rings (SSSR count). The fraction of sp³-hybridized carbons (Fsp3) is 0.467. The highest BCUT2D eigenvalue weighted by atomic mass is 16.5. The Labute approximate surface area is 119 Å². The van der Waals surface area contributed by atoms with Crippen molar-refractivity contribution in [2.75, 3.05) is 25.0 Å². The largest absolute Gasteiger partial charge is 0.466 e. The number of ether oxygens (including phenoxy) is 1. The van der Waals surface area contributed by atoms with Crippen LogP contribution < -0.4 is 10.6 Å². The molecule has 0 fully saturated rings. The second kappa shape index (κ2) is 8.32. The van der Waals surface area contributed by atoms with Crippen LogP contribution in [0.3, 0.4) is 0 Å². The van der Waals surface area contributed by atoms with Gasteiger partial charge in [0, 0.05) is 12.2 Å². The van der Waals surface area contributed by atoms with E-state index < -0.39 is 0 Å². The van der Waals surface area contributed by atoms with Gasteiger partial charge in [0.05, 0.1) is 19.6 Å². The molecule has 5 heteroatoms. The summed E-state index contributed by atoms with van der Waals surface area (Å²) in [5.41, 5.74) is 3.11. The van der Waals surface area contributed by atoms with Crippen LogP contribution in [-0.4, -0.2) is 31.6 Å². The average Bonchev–Trinajstić information content (AvgIpc) is 2.39. The highest BCUT2D eigenvalue weighted by molar-refractivity contribution is 5.92. The lowest BCUT2D eigenvalue weighted by atomic mass is 10.1. The van der Waals surface area contributed by atoms with Gasteiger partial charge < -0.3 is 15.4 Å². The first-order valence-corrected chi connectivity index (χ1v) is 6.76. The number of nitrogens with one attached hydrogen (secondary N) is 2. The summed E-state index contributed by atoms with van der Waals surface area (Å²) < 4.78 is 4.79. The Kier molecular flexibility index (Phi) is 6.73. The molecule has 110 valence electrons. The maximum atomic E-state index is 11.7. The normalized spacial score (nSPS) is 10.2. The van der Waals surface area contributed by atoms with E-state index >= 15 is 0 Å². The van der Waals surface area contributed by atoms with E-state index in [4.69, 9.17) is 4.74 Å². The Bertz CT molecular complexity index is 472. The van der Waals surface area contributed by atoms with Gasteiger partial charge in [-0.25, -0.2) is 0 Å². The molecule has 20 heavy (non-hydrogen) atoms. The predicted octanol–water partition coefficient (Wildman–Crippen LogP) is 1.78. The third-order valence-electron chi connectivity index (χ3n) is 2.89. The molecule has 0 heterocycles. The molecule has 2 N–H and O–H groups in total. The minimum absolute atomic E-state index is 0.128. The van der Waals surface area contributed by atoms with Crippen molar-refractivity contribution in [3.05, 3.63) is 29.3 Å². The molecule has 0 saturated heterocycles. The van der Waals surface area contributed by atoms with Gasteiger partial charge in [0.2, 0.25) is 5.91 Å². The molecule has 0 atom stereocenters. The minimum atomic E-state index is -0.255. The fourth-order valence-electron chi connectivity index (χ4n) is 1.65. The summed E-state index contributed by atoms with van der Waals surface area (Å²) in [5.74, 6) is -0.383. The molecule has 5 nitrogen and oxygen atoms in total. The lowest BCUT2D eigenvalue weighted by molar-refractivity contribution is -0.143. The van der Waals surface area contributed by atoms with Crippen molar-refractivity contribution in [1.82, 2.24) is 5.32 Å². The summed E-state index contributed by atoms with van der Waals surface area (Å²) in [7, 11) is 0. The first-order chi connectivity index (χ1) is 9.52. The lowest BCUT2D eigenvalue weighted by Gasteiger charge is -2.08. The number of carbonyl (C=O) groups excluding carboxylic acids is 2. The number of hydrogen-bond acceptors (Lipinski definition) is 4. The lowest BCUT2D eigenvalue weighted by Crippen LogP contribution is -2.29. The summed E-state index contributed by atoms with van der Waals surface area (Å²) in [4.78, 5) is 22.8. The number of amides is 1. The SMILES string of the molecule is CCOC(=O)CCNCC(=O)Nc1ccc(C)c(C)c1. The third kappa shape index (κ3) is 5.84. The molecule has 0 bridgehead atoms. The molecular weight excluding hydrogens is 256 g/mol. The van der Waals surface area contributed by atoms with Crippen LogP contribution >= 0.6 is 0 Å². The Morgan fingerprint density at radius 1 is 1.20 bits per heavy atom. The van der Waals surface area contributed by atoms with Crippen LogP contribution in [0.2, 0.25) is 0 Å². The van der Waals surface area contributed by atoms with E-state index in [9.17, 15) is 9.59 Å². The highest BCUT2D eigenvalue weighted by Gasteiger charge is 2.04. The van der Waals surface area contributed by atoms with Crippen LogP contribution in [0.25, 0.3) is 0 Å². The molecule has 0 radical (unpaired) electrons. The Hall–Kier alpha value is -1.88. The van der Waals surface area contributed by atoms with Crippen molar-refractivity contribution in [3.8, 4) is 0 Å². The molecule has 0 aliphatic carbocycles. The van der Waals surface area contributed by atoms with Crippen molar-refractivity contribution in [2.45, 2.75) is 27.2 Å². The van der Waals surface area contributed by atoms with E-state index in [1.165, 1.54) is 5.56 Å². The van der Waals surface area contributed by atoms with E-state index in [0.29, 0.717) is 13.2 Å². The first-order valence-electron chi connectivity index (χ1n) is 6.76. The zero-order chi connectivity index (χ0) is 15.0. The summed E-state index contributed by atoms with van der Waals surface area (Å²) in [6, 6.07) is 5.78. The fourth-order valence-corrected chi connectivity index (χ4v) is 1.65. The molecule has 0 aliphatic heterocycles. The summed E-state index contributed by atoms with van der Waals surface area (Å²) in [6.07, 6.45) is 0.269. The molecule has 1 aromatic rings. The second-order valence-electron chi connectivity index (χ2n) is 4.58. The third-order valence-corrected chi connectivity index (χ3v) is 2.89. The number of aryl methyl sites for hydroxylation is 2. The standard InChI is InChI=1S/C15H22N2O3/c1-4-20-15(19)7-8-16-10-14(18)17-13-6-5-11(2)12(3)9-13/h5-6,9,16H,4,7-8,10H2,1-3H3,(H,17,18). The van der Waals surface area contributed by atoms with Gasteiger partial charge in [-0.05, 0) is 44.0 Å². The minimum Gasteiger partial charge on any atom is -0.466 e. The van der Waals surface area contributed by atoms with E-state index in [1.54, 1.807) is 6.92 Å². The molecule has 0 unspecified atom stereocenters. The van der Waals surface area contributed by atoms with E-state index in [2.05, 4.69) is 10.6 Å². The van der Waals surface area contributed by atoms with Crippen LogP contribution in [0.15, 0.2) is 18.2 Å². The number of anilines is 1. The monoisotopic (exact) mass is 278 g/mol. The van der Waals surface area contributed by atoms with Crippen LogP contribution in [0.1, 0.15) is 24.5 Å². The van der Waals surface area contributed by atoms with Crippen LogP contribution in [0.4, 0.5) is 5.69 Å². The number of carbonyl (C=O) groups is 2. The number of esters is 1. The van der Waals surface area contributed by atoms with Gasteiger partial charge in [-0.3, -0.25) is 9.59 Å². The van der Waals surface area contributed by atoms with Gasteiger partial charge in [-0.2, -0.15) is 0 Å². The smallest absolute Gasteiger partial charge is 0.307 e.